The lowest BCUT2D eigenvalue weighted by atomic mass is 9.74. The second-order valence-corrected chi connectivity index (χ2v) is 12.3. The monoisotopic (exact) mass is 556 g/mol. The van der Waals surface area contributed by atoms with Crippen molar-refractivity contribution in [1.82, 2.24) is 14.3 Å². The van der Waals surface area contributed by atoms with Crippen molar-refractivity contribution >= 4 is 51.4 Å². The molecule has 9 nitrogen and oxygen atoms in total. The van der Waals surface area contributed by atoms with Crippen molar-refractivity contribution in [3.05, 3.63) is 47.0 Å². The zero-order valence-electron chi connectivity index (χ0n) is 22.0. The molecule has 1 fully saturated rings. The molecule has 3 heterocycles. The highest BCUT2D eigenvalue weighted by Gasteiger charge is 2.48. The third kappa shape index (κ3) is 5.25. The fourth-order valence-electron chi connectivity index (χ4n) is 5.63. The smallest absolute Gasteiger partial charge is 0.329 e. The van der Waals surface area contributed by atoms with Gasteiger partial charge in [0.1, 0.15) is 5.75 Å². The van der Waals surface area contributed by atoms with Gasteiger partial charge in [0.25, 0.3) is 0 Å². The van der Waals surface area contributed by atoms with Crippen molar-refractivity contribution in [2.24, 2.45) is 5.41 Å². The van der Waals surface area contributed by atoms with Crippen LogP contribution in [0.2, 0.25) is 5.02 Å². The van der Waals surface area contributed by atoms with Crippen LogP contribution in [0.15, 0.2) is 36.4 Å². The standard InChI is InChI=1S/C27H33ClN6O3S/c1-26(2,3)15-33-13-11-27(12-14-33)16-34(22-20(35)10-9-17(28)21(22)27)19-8-6-5-7-18(19)29-23(36)30-25-31-24(37-4)32-38-25/h5-10,35H,11-16H2,1-4H3,(H2,29,30,31,32,36). The number of likely N-dealkylation sites (tertiary alicyclic amines) is 1. The van der Waals surface area contributed by atoms with E-state index in [2.05, 4.69) is 50.6 Å². The summed E-state index contributed by atoms with van der Waals surface area (Å²) in [5, 5.41) is 17.7. The summed E-state index contributed by atoms with van der Waals surface area (Å²) >= 11 is 7.87. The van der Waals surface area contributed by atoms with Gasteiger partial charge < -0.3 is 25.0 Å². The number of aromatic nitrogens is 2. The van der Waals surface area contributed by atoms with Gasteiger partial charge in [-0.25, -0.2) is 4.79 Å². The zero-order chi connectivity index (χ0) is 27.1. The molecule has 0 bridgehead atoms. The third-order valence-electron chi connectivity index (χ3n) is 7.13. The van der Waals surface area contributed by atoms with Crippen LogP contribution in [0.5, 0.6) is 11.8 Å². The molecule has 0 aliphatic carbocycles. The molecular formula is C27H33ClN6O3S. The highest BCUT2D eigenvalue weighted by molar-refractivity contribution is 7.10. The lowest BCUT2D eigenvalue weighted by molar-refractivity contribution is 0.125. The van der Waals surface area contributed by atoms with E-state index in [0.29, 0.717) is 28.1 Å². The number of phenols is 1. The van der Waals surface area contributed by atoms with Gasteiger partial charge in [-0.05, 0) is 55.6 Å². The van der Waals surface area contributed by atoms with Crippen LogP contribution in [0.25, 0.3) is 0 Å². The molecule has 1 saturated heterocycles. The van der Waals surface area contributed by atoms with E-state index in [4.69, 9.17) is 16.3 Å². The van der Waals surface area contributed by atoms with E-state index in [9.17, 15) is 9.90 Å². The Morgan fingerprint density at radius 1 is 1.18 bits per heavy atom. The summed E-state index contributed by atoms with van der Waals surface area (Å²) in [5.41, 5.74) is 3.13. The van der Waals surface area contributed by atoms with Gasteiger partial charge in [-0.15, -0.1) is 4.37 Å². The van der Waals surface area contributed by atoms with Crippen LogP contribution in [-0.4, -0.2) is 58.7 Å². The number of amides is 2. The van der Waals surface area contributed by atoms with Gasteiger partial charge in [-0.1, -0.05) is 44.5 Å². The van der Waals surface area contributed by atoms with E-state index in [1.807, 2.05) is 24.3 Å². The van der Waals surface area contributed by atoms with Gasteiger partial charge in [-0.3, -0.25) is 5.32 Å². The maximum Gasteiger partial charge on any atom is 0.329 e. The first-order valence-corrected chi connectivity index (χ1v) is 13.8. The van der Waals surface area contributed by atoms with Crippen LogP contribution in [-0.2, 0) is 5.41 Å². The fourth-order valence-corrected chi connectivity index (χ4v) is 6.52. The SMILES string of the molecule is COc1nsc(NC(=O)Nc2ccccc2N2CC3(CCN(CC(C)(C)C)CC3)c3c(Cl)ccc(O)c32)n1. The minimum absolute atomic E-state index is 0.179. The van der Waals surface area contributed by atoms with Crippen LogP contribution in [0.3, 0.4) is 0 Å². The molecule has 2 aliphatic heterocycles. The van der Waals surface area contributed by atoms with Crippen LogP contribution in [0.4, 0.5) is 27.0 Å². The molecule has 1 aromatic heterocycles. The number of fused-ring (bicyclic) bond motifs is 2. The van der Waals surface area contributed by atoms with Crippen LogP contribution in [0.1, 0.15) is 39.2 Å². The van der Waals surface area contributed by atoms with Gasteiger partial charge in [0.05, 0.1) is 24.2 Å². The summed E-state index contributed by atoms with van der Waals surface area (Å²) in [4.78, 5) is 21.6. The number of hydrogen-bond donors (Lipinski definition) is 3. The minimum atomic E-state index is -0.448. The Morgan fingerprint density at radius 2 is 1.92 bits per heavy atom. The predicted octanol–water partition coefficient (Wildman–Crippen LogP) is 6.08. The van der Waals surface area contributed by atoms with Gasteiger partial charge in [0, 0.05) is 40.6 Å². The van der Waals surface area contributed by atoms with Gasteiger partial charge in [0.15, 0.2) is 0 Å². The molecule has 38 heavy (non-hydrogen) atoms. The highest BCUT2D eigenvalue weighted by atomic mass is 35.5. The Balaban J connectivity index is 1.43. The summed E-state index contributed by atoms with van der Waals surface area (Å²) in [6, 6.07) is 10.8. The number of aromatic hydroxyl groups is 1. The fraction of sp³-hybridized carbons (Fsp3) is 0.444. The zero-order valence-corrected chi connectivity index (χ0v) is 23.6. The average molecular weight is 557 g/mol. The lowest BCUT2D eigenvalue weighted by Crippen LogP contribution is -2.47. The van der Waals surface area contributed by atoms with Gasteiger partial charge >= 0.3 is 12.0 Å². The molecule has 0 unspecified atom stereocenters. The number of carbonyl (C=O) groups is 1. The highest BCUT2D eigenvalue weighted by Crippen LogP contribution is 2.56. The molecule has 3 N–H and O–H groups in total. The van der Waals surface area contributed by atoms with Crippen molar-refractivity contribution in [3.8, 4) is 11.8 Å². The molecule has 2 amide bonds. The number of phenolic OH excluding ortho intramolecular Hbond substituents is 1. The van der Waals surface area contributed by atoms with Crippen molar-refractivity contribution in [1.29, 1.82) is 0 Å². The molecule has 202 valence electrons. The van der Waals surface area contributed by atoms with Gasteiger partial charge in [0.2, 0.25) is 5.13 Å². The van der Waals surface area contributed by atoms with E-state index in [0.717, 1.165) is 55.3 Å². The predicted molar refractivity (Wildman–Crippen MR) is 152 cm³/mol. The number of anilines is 4. The van der Waals surface area contributed by atoms with Crippen molar-refractivity contribution < 1.29 is 14.6 Å². The average Bonchev–Trinajstić information content (AvgIpc) is 3.46. The first kappa shape index (κ1) is 26.5. The summed E-state index contributed by atoms with van der Waals surface area (Å²) < 4.78 is 9.00. The minimum Gasteiger partial charge on any atom is -0.506 e. The molecule has 11 heteroatoms. The van der Waals surface area contributed by atoms with Crippen LogP contribution < -0.4 is 20.3 Å². The quantitative estimate of drug-likeness (QED) is 0.350. The Kier molecular flexibility index (Phi) is 7.15. The lowest BCUT2D eigenvalue weighted by Gasteiger charge is -2.42. The Bertz CT molecular complexity index is 1330. The van der Waals surface area contributed by atoms with Gasteiger partial charge in [-0.2, -0.15) is 4.98 Å². The van der Waals surface area contributed by atoms with E-state index in [1.165, 1.54) is 7.11 Å². The molecule has 1 spiro atoms. The molecule has 0 saturated carbocycles. The molecule has 0 radical (unpaired) electrons. The Morgan fingerprint density at radius 3 is 2.61 bits per heavy atom. The number of rotatable bonds is 5. The number of urea groups is 1. The van der Waals surface area contributed by atoms with Crippen molar-refractivity contribution in [2.45, 2.75) is 39.0 Å². The number of hydrogen-bond acceptors (Lipinski definition) is 8. The number of nitrogens with one attached hydrogen (secondary N) is 2. The van der Waals surface area contributed by atoms with E-state index in [-0.39, 0.29) is 22.6 Å². The number of methoxy groups -OCH3 is 1. The number of nitrogens with zero attached hydrogens (tertiary/aromatic N) is 4. The number of ether oxygens (including phenoxy) is 1. The largest absolute Gasteiger partial charge is 0.506 e. The Labute approximate surface area is 231 Å². The first-order chi connectivity index (χ1) is 18.1. The molecule has 2 aromatic carbocycles. The summed E-state index contributed by atoms with van der Waals surface area (Å²) in [6.07, 6.45) is 1.87. The van der Waals surface area contributed by atoms with Crippen molar-refractivity contribution in [3.63, 3.8) is 0 Å². The van der Waals surface area contributed by atoms with E-state index < -0.39 is 6.03 Å². The normalized spacial score (nSPS) is 16.9. The summed E-state index contributed by atoms with van der Waals surface area (Å²) in [6.45, 7) is 10.4. The summed E-state index contributed by atoms with van der Waals surface area (Å²) in [5.74, 6) is 0.179. The molecular weight excluding hydrogens is 524 g/mol. The third-order valence-corrected chi connectivity index (χ3v) is 8.06. The Hall–Kier alpha value is -3.08. The van der Waals surface area contributed by atoms with Crippen LogP contribution in [0, 0.1) is 5.41 Å². The molecule has 2 aliphatic rings. The second kappa shape index (κ2) is 10.2. The van der Waals surface area contributed by atoms with Crippen molar-refractivity contribution in [2.75, 3.05) is 48.8 Å². The molecule has 5 rings (SSSR count). The maximum absolute atomic E-state index is 12.8. The van der Waals surface area contributed by atoms with E-state index >= 15 is 0 Å². The van der Waals surface area contributed by atoms with E-state index in [1.54, 1.807) is 12.1 Å². The number of carbonyl (C=O) groups excluding carboxylic acids is 1. The number of benzene rings is 2. The molecule has 3 aromatic rings. The topological polar surface area (TPSA) is 103 Å². The summed E-state index contributed by atoms with van der Waals surface area (Å²) in [7, 11) is 1.47. The number of piperidine rings is 1. The second-order valence-electron chi connectivity index (χ2n) is 11.2. The first-order valence-electron chi connectivity index (χ1n) is 12.7. The number of para-hydroxylation sites is 2. The van der Waals surface area contributed by atoms with Crippen LogP contribution >= 0.6 is 23.1 Å². The molecule has 0 atom stereocenters. The maximum atomic E-state index is 12.8. The number of halogens is 1.